The second-order valence-electron chi connectivity index (χ2n) is 7.33. The summed E-state index contributed by atoms with van der Waals surface area (Å²) in [5.74, 6) is -0.134. The monoisotopic (exact) mass is 384 g/mol. The van der Waals surface area contributed by atoms with Crippen molar-refractivity contribution in [3.05, 3.63) is 90.0 Å². The lowest BCUT2D eigenvalue weighted by Crippen LogP contribution is -2.29. The van der Waals surface area contributed by atoms with Gasteiger partial charge in [0.2, 0.25) is 5.91 Å². The Balaban J connectivity index is 1.43. The standard InChI is InChI=1S/C25H24N2O2/c28-24(18-19-12-14-21(15-13-19)20-8-2-1-3-9-20)26-23-11-5-4-10-22(23)25(29)27-16-6-7-17-27/h1-5,8-15H,6-7,16-18H2,(H,26,28). The summed E-state index contributed by atoms with van der Waals surface area (Å²) < 4.78 is 0. The van der Waals surface area contributed by atoms with E-state index in [-0.39, 0.29) is 18.2 Å². The molecule has 3 aromatic carbocycles. The molecule has 3 aromatic rings. The number of nitrogens with zero attached hydrogens (tertiary/aromatic N) is 1. The largest absolute Gasteiger partial charge is 0.339 e. The Hall–Kier alpha value is -3.40. The number of para-hydroxylation sites is 1. The van der Waals surface area contributed by atoms with Crippen LogP contribution >= 0.6 is 0 Å². The number of rotatable bonds is 5. The van der Waals surface area contributed by atoms with Gasteiger partial charge in [-0.1, -0.05) is 66.7 Å². The molecule has 1 N–H and O–H groups in total. The highest BCUT2D eigenvalue weighted by atomic mass is 16.2. The Morgan fingerprint density at radius 2 is 1.38 bits per heavy atom. The number of likely N-dealkylation sites (tertiary alicyclic amines) is 1. The Kier molecular flexibility index (Phi) is 5.71. The molecule has 1 saturated heterocycles. The predicted octanol–water partition coefficient (Wildman–Crippen LogP) is 4.77. The van der Waals surface area contributed by atoms with Crippen molar-refractivity contribution in [3.8, 4) is 11.1 Å². The zero-order valence-electron chi connectivity index (χ0n) is 16.3. The van der Waals surface area contributed by atoms with Crippen LogP contribution in [0, 0.1) is 0 Å². The minimum Gasteiger partial charge on any atom is -0.339 e. The topological polar surface area (TPSA) is 49.4 Å². The van der Waals surface area contributed by atoms with Gasteiger partial charge in [-0.2, -0.15) is 0 Å². The number of hydrogen-bond donors (Lipinski definition) is 1. The van der Waals surface area contributed by atoms with Crippen molar-refractivity contribution in [2.45, 2.75) is 19.3 Å². The normalized spacial score (nSPS) is 13.3. The van der Waals surface area contributed by atoms with Crippen LogP contribution in [-0.2, 0) is 11.2 Å². The lowest BCUT2D eigenvalue weighted by molar-refractivity contribution is -0.115. The van der Waals surface area contributed by atoms with Gasteiger partial charge in [0.1, 0.15) is 0 Å². The highest BCUT2D eigenvalue weighted by Gasteiger charge is 2.22. The molecular formula is C25H24N2O2. The fourth-order valence-electron chi connectivity index (χ4n) is 3.69. The molecule has 0 spiro atoms. The van der Waals surface area contributed by atoms with Crippen LogP contribution < -0.4 is 5.32 Å². The molecule has 146 valence electrons. The van der Waals surface area contributed by atoms with Crippen LogP contribution in [0.4, 0.5) is 5.69 Å². The van der Waals surface area contributed by atoms with Gasteiger partial charge in [0.15, 0.2) is 0 Å². The summed E-state index contributed by atoms with van der Waals surface area (Å²) in [7, 11) is 0. The lowest BCUT2D eigenvalue weighted by Gasteiger charge is -2.18. The van der Waals surface area contributed by atoms with Gasteiger partial charge in [-0.05, 0) is 41.7 Å². The van der Waals surface area contributed by atoms with Crippen LogP contribution in [-0.4, -0.2) is 29.8 Å². The smallest absolute Gasteiger partial charge is 0.255 e. The molecule has 0 aromatic heterocycles. The Morgan fingerprint density at radius 3 is 2.10 bits per heavy atom. The highest BCUT2D eigenvalue weighted by molar-refractivity contribution is 6.04. The van der Waals surface area contributed by atoms with Crippen molar-refractivity contribution >= 4 is 17.5 Å². The summed E-state index contributed by atoms with van der Waals surface area (Å²) in [4.78, 5) is 27.2. The van der Waals surface area contributed by atoms with Crippen molar-refractivity contribution in [1.82, 2.24) is 4.90 Å². The average molecular weight is 384 g/mol. The summed E-state index contributed by atoms with van der Waals surface area (Å²) in [6, 6.07) is 25.4. The van der Waals surface area contributed by atoms with Gasteiger partial charge in [0.25, 0.3) is 5.91 Å². The minimum absolute atomic E-state index is 0.00869. The summed E-state index contributed by atoms with van der Waals surface area (Å²) >= 11 is 0. The van der Waals surface area contributed by atoms with Crippen LogP contribution in [0.5, 0.6) is 0 Å². The Labute approximate surface area is 171 Å². The third kappa shape index (κ3) is 4.54. The molecule has 1 heterocycles. The van der Waals surface area contributed by atoms with Crippen molar-refractivity contribution in [2.24, 2.45) is 0 Å². The van der Waals surface area contributed by atoms with E-state index < -0.39 is 0 Å². The van der Waals surface area contributed by atoms with E-state index in [0.29, 0.717) is 11.3 Å². The van der Waals surface area contributed by atoms with Gasteiger partial charge < -0.3 is 10.2 Å². The van der Waals surface area contributed by atoms with Crippen molar-refractivity contribution < 1.29 is 9.59 Å². The molecule has 1 fully saturated rings. The van der Waals surface area contributed by atoms with Crippen LogP contribution in [0.15, 0.2) is 78.9 Å². The molecule has 4 rings (SSSR count). The van der Waals surface area contributed by atoms with E-state index in [2.05, 4.69) is 17.4 Å². The van der Waals surface area contributed by atoms with E-state index in [9.17, 15) is 9.59 Å². The van der Waals surface area contributed by atoms with E-state index in [4.69, 9.17) is 0 Å². The van der Waals surface area contributed by atoms with Gasteiger partial charge >= 0.3 is 0 Å². The van der Waals surface area contributed by atoms with Crippen LogP contribution in [0.3, 0.4) is 0 Å². The molecule has 1 aliphatic rings. The number of carbonyl (C=O) groups is 2. The molecule has 2 amide bonds. The lowest BCUT2D eigenvalue weighted by atomic mass is 10.0. The summed E-state index contributed by atoms with van der Waals surface area (Å²) in [5, 5.41) is 2.92. The SMILES string of the molecule is O=C(Cc1ccc(-c2ccccc2)cc1)Nc1ccccc1C(=O)N1CCCC1. The molecular weight excluding hydrogens is 360 g/mol. The summed E-state index contributed by atoms with van der Waals surface area (Å²) in [6.07, 6.45) is 2.35. The first-order valence-electron chi connectivity index (χ1n) is 10.0. The third-order valence-electron chi connectivity index (χ3n) is 5.25. The summed E-state index contributed by atoms with van der Waals surface area (Å²) in [5.41, 5.74) is 4.34. The molecule has 0 radical (unpaired) electrons. The van der Waals surface area contributed by atoms with E-state index in [1.54, 1.807) is 12.1 Å². The van der Waals surface area contributed by atoms with Gasteiger partial charge in [0, 0.05) is 13.1 Å². The van der Waals surface area contributed by atoms with E-state index in [0.717, 1.165) is 42.6 Å². The number of amides is 2. The minimum atomic E-state index is -0.126. The van der Waals surface area contributed by atoms with Crippen LogP contribution in [0.1, 0.15) is 28.8 Å². The molecule has 0 atom stereocenters. The second kappa shape index (κ2) is 8.74. The van der Waals surface area contributed by atoms with Gasteiger partial charge in [0.05, 0.1) is 17.7 Å². The number of nitrogens with one attached hydrogen (secondary N) is 1. The number of benzene rings is 3. The molecule has 4 heteroatoms. The van der Waals surface area contributed by atoms with Crippen LogP contribution in [0.2, 0.25) is 0 Å². The molecule has 1 aliphatic heterocycles. The molecule has 0 saturated carbocycles. The average Bonchev–Trinajstić information content (AvgIpc) is 3.30. The predicted molar refractivity (Wildman–Crippen MR) is 116 cm³/mol. The second-order valence-corrected chi connectivity index (χ2v) is 7.33. The zero-order chi connectivity index (χ0) is 20.1. The zero-order valence-corrected chi connectivity index (χ0v) is 16.3. The number of anilines is 1. The van der Waals surface area contributed by atoms with Gasteiger partial charge in [-0.15, -0.1) is 0 Å². The first-order valence-corrected chi connectivity index (χ1v) is 10.0. The molecule has 0 unspecified atom stereocenters. The third-order valence-corrected chi connectivity index (χ3v) is 5.25. The molecule has 0 aliphatic carbocycles. The molecule has 29 heavy (non-hydrogen) atoms. The van der Waals surface area contributed by atoms with Crippen LogP contribution in [0.25, 0.3) is 11.1 Å². The summed E-state index contributed by atoms with van der Waals surface area (Å²) in [6.45, 7) is 1.57. The van der Waals surface area contributed by atoms with Crippen molar-refractivity contribution in [1.29, 1.82) is 0 Å². The fourth-order valence-corrected chi connectivity index (χ4v) is 3.69. The maximum absolute atomic E-state index is 12.8. The molecule has 4 nitrogen and oxygen atoms in total. The molecule has 0 bridgehead atoms. The van der Waals surface area contributed by atoms with E-state index in [1.165, 1.54) is 0 Å². The van der Waals surface area contributed by atoms with Gasteiger partial charge in [-0.3, -0.25) is 9.59 Å². The van der Waals surface area contributed by atoms with E-state index in [1.807, 2.05) is 59.5 Å². The van der Waals surface area contributed by atoms with Crippen molar-refractivity contribution in [2.75, 3.05) is 18.4 Å². The fraction of sp³-hybridized carbons (Fsp3) is 0.200. The highest BCUT2D eigenvalue weighted by Crippen LogP contribution is 2.22. The maximum atomic E-state index is 12.8. The number of hydrogen-bond acceptors (Lipinski definition) is 2. The van der Waals surface area contributed by atoms with Crippen molar-refractivity contribution in [3.63, 3.8) is 0 Å². The first-order chi connectivity index (χ1) is 14.2. The number of carbonyl (C=O) groups excluding carboxylic acids is 2. The van der Waals surface area contributed by atoms with Gasteiger partial charge in [-0.25, -0.2) is 0 Å². The Bertz CT molecular complexity index is 991. The Morgan fingerprint density at radius 1 is 0.759 bits per heavy atom. The first kappa shape index (κ1) is 18.9. The van der Waals surface area contributed by atoms with E-state index >= 15 is 0 Å². The maximum Gasteiger partial charge on any atom is 0.255 e. The quantitative estimate of drug-likeness (QED) is 0.689.